The molecule has 1 aliphatic rings. The molecular formula is C14H20ClNO2S. The highest BCUT2D eigenvalue weighted by atomic mass is 35.5. The summed E-state index contributed by atoms with van der Waals surface area (Å²) >= 11 is 7.21. The van der Waals surface area contributed by atoms with E-state index in [0.29, 0.717) is 9.21 Å². The molecule has 19 heavy (non-hydrogen) atoms. The van der Waals surface area contributed by atoms with Crippen molar-refractivity contribution in [3.8, 4) is 0 Å². The van der Waals surface area contributed by atoms with Crippen molar-refractivity contribution in [2.45, 2.75) is 44.8 Å². The number of carbonyl (C=O) groups is 1. The SMILES string of the molecule is CC(C(=O)c1ccc(Cl)s1)N1CCCC(C)(O)CC1. The number of thiophene rings is 1. The normalized spacial score (nSPS) is 26.9. The molecule has 0 aliphatic carbocycles. The maximum Gasteiger partial charge on any atom is 0.189 e. The van der Waals surface area contributed by atoms with Gasteiger partial charge in [-0.25, -0.2) is 0 Å². The van der Waals surface area contributed by atoms with Gasteiger partial charge in [-0.2, -0.15) is 0 Å². The second-order valence-corrected chi connectivity index (χ2v) is 7.25. The van der Waals surface area contributed by atoms with E-state index >= 15 is 0 Å². The van der Waals surface area contributed by atoms with Crippen molar-refractivity contribution >= 4 is 28.7 Å². The summed E-state index contributed by atoms with van der Waals surface area (Å²) in [4.78, 5) is 15.3. The zero-order valence-electron chi connectivity index (χ0n) is 11.4. The Morgan fingerprint density at radius 3 is 2.84 bits per heavy atom. The van der Waals surface area contributed by atoms with Crippen molar-refractivity contribution in [3.05, 3.63) is 21.3 Å². The van der Waals surface area contributed by atoms with Gasteiger partial charge in [0.1, 0.15) is 0 Å². The van der Waals surface area contributed by atoms with Crippen molar-refractivity contribution in [1.82, 2.24) is 4.90 Å². The van der Waals surface area contributed by atoms with Crippen molar-refractivity contribution in [2.24, 2.45) is 0 Å². The van der Waals surface area contributed by atoms with Crippen LogP contribution in [0.2, 0.25) is 4.34 Å². The molecule has 2 atom stereocenters. The molecule has 2 heterocycles. The van der Waals surface area contributed by atoms with E-state index in [0.717, 1.165) is 32.4 Å². The van der Waals surface area contributed by atoms with E-state index in [4.69, 9.17) is 11.6 Å². The minimum absolute atomic E-state index is 0.124. The first-order valence-electron chi connectivity index (χ1n) is 6.65. The maximum absolute atomic E-state index is 12.4. The topological polar surface area (TPSA) is 40.5 Å². The van der Waals surface area contributed by atoms with Gasteiger partial charge in [-0.05, 0) is 51.8 Å². The summed E-state index contributed by atoms with van der Waals surface area (Å²) in [6.45, 7) is 5.44. The number of nitrogens with zero attached hydrogens (tertiary/aromatic N) is 1. The number of rotatable bonds is 3. The van der Waals surface area contributed by atoms with Crippen molar-refractivity contribution < 1.29 is 9.90 Å². The van der Waals surface area contributed by atoms with Gasteiger partial charge in [0.15, 0.2) is 5.78 Å². The van der Waals surface area contributed by atoms with Crippen molar-refractivity contribution in [2.75, 3.05) is 13.1 Å². The predicted molar refractivity (Wildman–Crippen MR) is 79.2 cm³/mol. The molecule has 1 aliphatic heterocycles. The first kappa shape index (κ1) is 15.0. The molecule has 106 valence electrons. The Bertz CT molecular complexity index is 458. The Kier molecular flexibility index (Phi) is 4.66. The van der Waals surface area contributed by atoms with Crippen LogP contribution in [0.25, 0.3) is 0 Å². The fourth-order valence-corrected chi connectivity index (χ4v) is 3.56. The lowest BCUT2D eigenvalue weighted by Gasteiger charge is -2.26. The van der Waals surface area contributed by atoms with Crippen LogP contribution in [0.4, 0.5) is 0 Å². The smallest absolute Gasteiger partial charge is 0.189 e. The zero-order chi connectivity index (χ0) is 14.0. The highest BCUT2D eigenvalue weighted by molar-refractivity contribution is 7.18. The number of carbonyl (C=O) groups excluding carboxylic acids is 1. The van der Waals surface area contributed by atoms with E-state index in [1.54, 1.807) is 12.1 Å². The summed E-state index contributed by atoms with van der Waals surface area (Å²) in [5.74, 6) is 0.124. The van der Waals surface area contributed by atoms with E-state index in [1.165, 1.54) is 11.3 Å². The van der Waals surface area contributed by atoms with Gasteiger partial charge < -0.3 is 5.11 Å². The van der Waals surface area contributed by atoms with Crippen LogP contribution in [0.5, 0.6) is 0 Å². The quantitative estimate of drug-likeness (QED) is 0.872. The summed E-state index contributed by atoms with van der Waals surface area (Å²) in [5, 5.41) is 10.1. The Morgan fingerprint density at radius 2 is 2.21 bits per heavy atom. The fourth-order valence-electron chi connectivity index (χ4n) is 2.49. The minimum Gasteiger partial charge on any atom is -0.390 e. The van der Waals surface area contributed by atoms with Gasteiger partial charge in [0.05, 0.1) is 20.9 Å². The van der Waals surface area contributed by atoms with Gasteiger partial charge in [0.25, 0.3) is 0 Å². The van der Waals surface area contributed by atoms with Gasteiger partial charge in [-0.1, -0.05) is 11.6 Å². The second-order valence-electron chi connectivity index (χ2n) is 5.53. The van der Waals surface area contributed by atoms with E-state index in [2.05, 4.69) is 4.90 Å². The van der Waals surface area contributed by atoms with Crippen LogP contribution in [0.1, 0.15) is 42.8 Å². The molecule has 5 heteroatoms. The number of halogens is 1. The molecule has 0 saturated carbocycles. The van der Waals surface area contributed by atoms with Gasteiger partial charge in [0, 0.05) is 6.54 Å². The lowest BCUT2D eigenvalue weighted by Crippen LogP contribution is -2.40. The van der Waals surface area contributed by atoms with Crippen molar-refractivity contribution in [1.29, 1.82) is 0 Å². The van der Waals surface area contributed by atoms with Crippen LogP contribution < -0.4 is 0 Å². The molecule has 0 radical (unpaired) electrons. The molecule has 0 spiro atoms. The monoisotopic (exact) mass is 301 g/mol. The zero-order valence-corrected chi connectivity index (χ0v) is 12.9. The number of hydrogen-bond acceptors (Lipinski definition) is 4. The molecule has 0 amide bonds. The third-order valence-corrected chi connectivity index (χ3v) is 5.09. The second kappa shape index (κ2) is 5.92. The average molecular weight is 302 g/mol. The largest absolute Gasteiger partial charge is 0.390 e. The Balaban J connectivity index is 2.03. The number of ketones is 1. The molecule has 1 aromatic rings. The molecule has 1 N–H and O–H groups in total. The highest BCUT2D eigenvalue weighted by Crippen LogP contribution is 2.26. The molecular weight excluding hydrogens is 282 g/mol. The van der Waals surface area contributed by atoms with E-state index in [1.807, 2.05) is 13.8 Å². The summed E-state index contributed by atoms with van der Waals surface area (Å²) in [6, 6.07) is 3.41. The van der Waals surface area contributed by atoms with Gasteiger partial charge in [-0.3, -0.25) is 9.69 Å². The predicted octanol–water partition coefficient (Wildman–Crippen LogP) is 3.21. The molecule has 0 bridgehead atoms. The van der Waals surface area contributed by atoms with E-state index in [-0.39, 0.29) is 11.8 Å². The highest BCUT2D eigenvalue weighted by Gasteiger charge is 2.30. The van der Waals surface area contributed by atoms with E-state index in [9.17, 15) is 9.90 Å². The standard InChI is InChI=1S/C14H20ClNO2S/c1-10(13(17)11-4-5-12(15)19-11)16-8-3-6-14(2,18)7-9-16/h4-5,10,18H,3,6-9H2,1-2H3. The van der Waals surface area contributed by atoms with Crippen LogP contribution in [0.15, 0.2) is 12.1 Å². The van der Waals surface area contributed by atoms with Gasteiger partial charge in [-0.15, -0.1) is 11.3 Å². The first-order valence-corrected chi connectivity index (χ1v) is 7.84. The molecule has 3 nitrogen and oxygen atoms in total. The van der Waals surface area contributed by atoms with E-state index < -0.39 is 5.60 Å². The van der Waals surface area contributed by atoms with Gasteiger partial charge in [0.2, 0.25) is 0 Å². The Labute approximate surface area is 123 Å². The van der Waals surface area contributed by atoms with Gasteiger partial charge >= 0.3 is 0 Å². The van der Waals surface area contributed by atoms with Crippen LogP contribution in [0.3, 0.4) is 0 Å². The summed E-state index contributed by atoms with van der Waals surface area (Å²) in [5.41, 5.74) is -0.593. The Morgan fingerprint density at radius 1 is 1.47 bits per heavy atom. The number of hydrogen-bond donors (Lipinski definition) is 1. The lowest BCUT2D eigenvalue weighted by atomic mass is 9.98. The number of Topliss-reactive ketones (excluding diaryl/α,β-unsaturated/α-hetero) is 1. The summed E-state index contributed by atoms with van der Waals surface area (Å²) in [6.07, 6.45) is 2.45. The average Bonchev–Trinajstić information content (AvgIpc) is 2.69. The summed E-state index contributed by atoms with van der Waals surface area (Å²) < 4.78 is 0.648. The number of likely N-dealkylation sites (tertiary alicyclic amines) is 1. The first-order chi connectivity index (χ1) is 8.89. The number of aliphatic hydroxyl groups is 1. The molecule has 0 aromatic carbocycles. The van der Waals surface area contributed by atoms with Crippen LogP contribution in [-0.2, 0) is 0 Å². The molecule has 1 aromatic heterocycles. The molecule has 2 unspecified atom stereocenters. The molecule has 1 saturated heterocycles. The lowest BCUT2D eigenvalue weighted by molar-refractivity contribution is 0.0427. The minimum atomic E-state index is -0.593. The Hall–Kier alpha value is -0.420. The van der Waals surface area contributed by atoms with Crippen molar-refractivity contribution in [3.63, 3.8) is 0 Å². The molecule has 1 fully saturated rings. The third-order valence-electron chi connectivity index (χ3n) is 3.84. The van der Waals surface area contributed by atoms with Crippen LogP contribution in [-0.4, -0.2) is 40.5 Å². The molecule has 2 rings (SSSR count). The fraction of sp³-hybridized carbons (Fsp3) is 0.643. The third kappa shape index (κ3) is 3.78. The summed E-state index contributed by atoms with van der Waals surface area (Å²) in [7, 11) is 0. The maximum atomic E-state index is 12.4. The van der Waals surface area contributed by atoms with Crippen LogP contribution >= 0.6 is 22.9 Å². The van der Waals surface area contributed by atoms with Crippen LogP contribution in [0, 0.1) is 0 Å².